The van der Waals surface area contributed by atoms with Gasteiger partial charge in [0.1, 0.15) is 0 Å². The molecule has 0 aromatic rings. The van der Waals surface area contributed by atoms with Gasteiger partial charge in [0.15, 0.2) is 0 Å². The molecule has 11 nitrogen and oxygen atoms in total. The molecule has 36 heavy (non-hydrogen) atoms. The summed E-state index contributed by atoms with van der Waals surface area (Å²) in [7, 11) is -12.4. The first-order valence-corrected chi connectivity index (χ1v) is 15.4. The fourth-order valence-electron chi connectivity index (χ4n) is 0.673. The molecule has 0 aliphatic heterocycles. The Hall–Kier alpha value is -0.110. The van der Waals surface area contributed by atoms with E-state index >= 15 is 0 Å². The van der Waals surface area contributed by atoms with Crippen LogP contribution in [0.15, 0.2) is 0 Å². The van der Waals surface area contributed by atoms with Crippen molar-refractivity contribution in [2.75, 3.05) is 0 Å². The SMILES string of the molecule is CC(C)(C)C.CC(C)(C)C.CC(C)(C)OP(=O)(O)O.CC(C)(C)OS(=O)(=O)O.CC(C)(C)S(=O)(=O)O. The number of phosphoric ester groups is 1. The van der Waals surface area contributed by atoms with Gasteiger partial charge in [0, 0.05) is 0 Å². The standard InChI is InChI=1S/2C5H12.C4H11O4P.C4H10O4S.C4H10O3S/c2*1-5(2,3)4;2*1-4(2,3)8-9(5,6)7;1-4(2,3)8(5,6)7/h2*1-4H3;1-3H3,(H2,5,6,7);1-3H3,(H,5,6,7);1-3H3,(H,5,6,7). The van der Waals surface area contributed by atoms with E-state index in [4.69, 9.17) is 18.9 Å². The molecule has 0 saturated carbocycles. The Balaban J connectivity index is -0.000000114. The molecule has 0 bridgehead atoms. The zero-order chi connectivity index (χ0) is 31.4. The van der Waals surface area contributed by atoms with Crippen molar-refractivity contribution in [3.8, 4) is 0 Å². The molecule has 0 spiro atoms. The molecule has 0 amide bonds. The van der Waals surface area contributed by atoms with E-state index in [1.54, 1.807) is 20.8 Å². The first kappa shape index (κ1) is 45.8. The van der Waals surface area contributed by atoms with E-state index in [1.807, 2.05) is 0 Å². The smallest absolute Gasteiger partial charge is 0.303 e. The van der Waals surface area contributed by atoms with E-state index in [0.717, 1.165) is 0 Å². The van der Waals surface area contributed by atoms with Crippen molar-refractivity contribution in [2.45, 2.75) is 134 Å². The lowest BCUT2D eigenvalue weighted by atomic mass is 10.0. The average Bonchev–Trinajstić information content (AvgIpc) is 2.21. The van der Waals surface area contributed by atoms with Crippen molar-refractivity contribution >= 4 is 28.3 Å². The molecular weight excluding hydrogens is 535 g/mol. The minimum absolute atomic E-state index is 0.500. The summed E-state index contributed by atoms with van der Waals surface area (Å²) in [6.45, 7) is 31.1. The molecule has 0 aliphatic carbocycles. The molecule has 0 unspecified atom stereocenters. The molecular formula is C22H55O11PS2. The number of hydrogen-bond acceptors (Lipinski definition) is 7. The summed E-state index contributed by atoms with van der Waals surface area (Å²) in [6, 6.07) is 0. The van der Waals surface area contributed by atoms with Crippen molar-refractivity contribution in [3.63, 3.8) is 0 Å². The lowest BCUT2D eigenvalue weighted by Gasteiger charge is -2.18. The lowest BCUT2D eigenvalue weighted by Crippen LogP contribution is -2.26. The van der Waals surface area contributed by atoms with Crippen LogP contribution in [0.3, 0.4) is 0 Å². The van der Waals surface area contributed by atoms with Crippen LogP contribution in [0, 0.1) is 10.8 Å². The number of hydrogen-bond donors (Lipinski definition) is 4. The molecule has 14 heteroatoms. The maximum atomic E-state index is 10.2. The molecule has 0 radical (unpaired) electrons. The summed E-state index contributed by atoms with van der Waals surface area (Å²) in [5.41, 5.74) is -0.632. The third kappa shape index (κ3) is 84.0. The van der Waals surface area contributed by atoms with Crippen molar-refractivity contribution in [2.24, 2.45) is 10.8 Å². The van der Waals surface area contributed by atoms with E-state index in [1.165, 1.54) is 41.5 Å². The molecule has 226 valence electrons. The van der Waals surface area contributed by atoms with Crippen LogP contribution in [0.4, 0.5) is 0 Å². The molecule has 0 aromatic carbocycles. The summed E-state index contributed by atoms with van der Waals surface area (Å²) in [6.07, 6.45) is 0. The Morgan fingerprint density at radius 1 is 0.556 bits per heavy atom. The predicted molar refractivity (Wildman–Crippen MR) is 147 cm³/mol. The van der Waals surface area contributed by atoms with Crippen molar-refractivity contribution in [3.05, 3.63) is 0 Å². The van der Waals surface area contributed by atoms with Crippen LogP contribution in [0.2, 0.25) is 0 Å². The third-order valence-corrected chi connectivity index (χ3v) is 4.57. The second kappa shape index (κ2) is 16.1. The fraction of sp³-hybridized carbons (Fsp3) is 1.00. The van der Waals surface area contributed by atoms with E-state index in [9.17, 15) is 21.4 Å². The highest BCUT2D eigenvalue weighted by Crippen LogP contribution is 2.40. The van der Waals surface area contributed by atoms with Crippen molar-refractivity contribution < 1.29 is 49.0 Å². The second-order valence-corrected chi connectivity index (χ2v) is 18.3. The van der Waals surface area contributed by atoms with Crippen LogP contribution in [0.25, 0.3) is 0 Å². The second-order valence-electron chi connectivity index (χ2n) is 13.9. The molecule has 0 rings (SSSR count). The number of rotatable bonds is 2. The van der Waals surface area contributed by atoms with Gasteiger partial charge in [0.2, 0.25) is 0 Å². The van der Waals surface area contributed by atoms with E-state index in [-0.39, 0.29) is 0 Å². The van der Waals surface area contributed by atoms with E-state index in [0.29, 0.717) is 10.8 Å². The predicted octanol–water partition coefficient (Wildman–Crippen LogP) is 6.28. The zero-order valence-corrected chi connectivity index (χ0v) is 27.9. The molecule has 0 atom stereocenters. The van der Waals surface area contributed by atoms with Gasteiger partial charge >= 0.3 is 18.2 Å². The van der Waals surface area contributed by atoms with Crippen LogP contribution >= 0.6 is 7.82 Å². The van der Waals surface area contributed by atoms with Gasteiger partial charge in [-0.15, -0.1) is 0 Å². The maximum Gasteiger partial charge on any atom is 0.470 e. The fourth-order valence-corrected chi connectivity index (χ4v) is 2.02. The molecule has 0 aromatic heterocycles. The van der Waals surface area contributed by atoms with Crippen LogP contribution in [-0.4, -0.2) is 51.7 Å². The maximum absolute atomic E-state index is 10.2. The topological polar surface area (TPSA) is 185 Å². The quantitative estimate of drug-likeness (QED) is 0.210. The van der Waals surface area contributed by atoms with Gasteiger partial charge < -0.3 is 9.79 Å². The lowest BCUT2D eigenvalue weighted by molar-refractivity contribution is 0.0809. The average molecular weight is 591 g/mol. The van der Waals surface area contributed by atoms with Crippen LogP contribution in [-0.2, 0) is 33.8 Å². The van der Waals surface area contributed by atoms with Gasteiger partial charge in [-0.3, -0.25) is 13.6 Å². The van der Waals surface area contributed by atoms with Gasteiger partial charge in [-0.2, -0.15) is 16.8 Å². The minimum Gasteiger partial charge on any atom is -0.303 e. The van der Waals surface area contributed by atoms with Gasteiger partial charge in [-0.1, -0.05) is 55.4 Å². The first-order chi connectivity index (χ1) is 14.7. The Bertz CT molecular complexity index is 801. The number of phosphoric acid groups is 1. The molecule has 0 aliphatic rings. The van der Waals surface area contributed by atoms with Crippen LogP contribution < -0.4 is 0 Å². The van der Waals surface area contributed by atoms with Crippen molar-refractivity contribution in [1.82, 2.24) is 0 Å². The Labute approximate surface area is 221 Å². The largest absolute Gasteiger partial charge is 0.470 e. The van der Waals surface area contributed by atoms with Gasteiger partial charge in [-0.25, -0.2) is 8.75 Å². The highest BCUT2D eigenvalue weighted by atomic mass is 32.3. The van der Waals surface area contributed by atoms with Crippen LogP contribution in [0.5, 0.6) is 0 Å². The monoisotopic (exact) mass is 590 g/mol. The minimum atomic E-state index is -4.29. The first-order valence-electron chi connectivity index (χ1n) is 11.1. The molecule has 0 saturated heterocycles. The molecule has 0 fully saturated rings. The highest BCUT2D eigenvalue weighted by molar-refractivity contribution is 7.87. The zero-order valence-electron chi connectivity index (χ0n) is 25.4. The van der Waals surface area contributed by atoms with Gasteiger partial charge in [-0.05, 0) is 73.1 Å². The Morgan fingerprint density at radius 3 is 0.750 bits per heavy atom. The Kier molecular flexibility index (Phi) is 20.5. The molecule has 0 heterocycles. The highest BCUT2D eigenvalue weighted by Gasteiger charge is 2.26. The van der Waals surface area contributed by atoms with Crippen LogP contribution in [0.1, 0.15) is 118 Å². The van der Waals surface area contributed by atoms with Gasteiger partial charge in [0.05, 0.1) is 15.9 Å². The van der Waals surface area contributed by atoms with E-state index in [2.05, 4.69) is 64.1 Å². The van der Waals surface area contributed by atoms with Gasteiger partial charge in [0.25, 0.3) is 10.1 Å². The van der Waals surface area contributed by atoms with Crippen molar-refractivity contribution in [1.29, 1.82) is 0 Å². The third-order valence-electron chi connectivity index (χ3n) is 1.52. The Morgan fingerprint density at radius 2 is 0.750 bits per heavy atom. The summed E-state index contributed by atoms with van der Waals surface area (Å²) in [5, 5.41) is 0. The molecule has 4 N–H and O–H groups in total. The summed E-state index contributed by atoms with van der Waals surface area (Å²) < 4.78 is 74.3. The normalized spacial score (nSPS) is 13.4. The summed E-state index contributed by atoms with van der Waals surface area (Å²) in [5.74, 6) is 0. The summed E-state index contributed by atoms with van der Waals surface area (Å²) >= 11 is 0. The van der Waals surface area contributed by atoms with E-state index < -0.39 is 44.3 Å². The summed E-state index contributed by atoms with van der Waals surface area (Å²) in [4.78, 5) is 16.5.